The molecule has 0 radical (unpaired) electrons. The second-order valence-corrected chi connectivity index (χ2v) is 6.18. The Hall–Kier alpha value is -0.0800. The third-order valence-electron chi connectivity index (χ3n) is 4.65. The average molecular weight is 238 g/mol. The molecule has 17 heavy (non-hydrogen) atoms. The third-order valence-corrected chi connectivity index (χ3v) is 4.65. The van der Waals surface area contributed by atoms with Gasteiger partial charge in [-0.05, 0) is 59.0 Å². The third kappa shape index (κ3) is 4.59. The highest BCUT2D eigenvalue weighted by atomic mass is 15.2. The zero-order chi connectivity index (χ0) is 12.1. The van der Waals surface area contributed by atoms with Gasteiger partial charge in [-0.15, -0.1) is 0 Å². The van der Waals surface area contributed by atoms with E-state index in [9.17, 15) is 0 Å². The number of hydrogen-bond donors (Lipinski definition) is 1. The zero-order valence-electron chi connectivity index (χ0n) is 11.8. The van der Waals surface area contributed by atoms with Gasteiger partial charge in [-0.1, -0.05) is 19.3 Å². The lowest BCUT2D eigenvalue weighted by molar-refractivity contribution is 0.139. The minimum Gasteiger partial charge on any atom is -0.314 e. The Morgan fingerprint density at radius 1 is 1.12 bits per heavy atom. The van der Waals surface area contributed by atoms with Crippen LogP contribution in [0.5, 0.6) is 0 Å². The van der Waals surface area contributed by atoms with Crippen molar-refractivity contribution in [2.45, 2.75) is 82.8 Å². The maximum absolute atomic E-state index is 3.61. The van der Waals surface area contributed by atoms with Crippen LogP contribution in [-0.2, 0) is 0 Å². The summed E-state index contributed by atoms with van der Waals surface area (Å²) in [5.41, 5.74) is 0. The summed E-state index contributed by atoms with van der Waals surface area (Å²) < 4.78 is 0. The lowest BCUT2D eigenvalue weighted by Gasteiger charge is -2.35. The van der Waals surface area contributed by atoms with Gasteiger partial charge < -0.3 is 10.2 Å². The van der Waals surface area contributed by atoms with Crippen LogP contribution in [0.15, 0.2) is 0 Å². The number of hydrogen-bond acceptors (Lipinski definition) is 2. The molecule has 0 bridgehead atoms. The average Bonchev–Trinajstić information content (AvgIpc) is 3.18. The van der Waals surface area contributed by atoms with Gasteiger partial charge in [-0.2, -0.15) is 0 Å². The summed E-state index contributed by atoms with van der Waals surface area (Å²) in [7, 11) is 2.34. The van der Waals surface area contributed by atoms with Gasteiger partial charge in [0, 0.05) is 18.1 Å². The van der Waals surface area contributed by atoms with E-state index in [1.807, 2.05) is 0 Å². The van der Waals surface area contributed by atoms with Crippen molar-refractivity contribution in [2.24, 2.45) is 0 Å². The second kappa shape index (κ2) is 6.75. The van der Waals surface area contributed by atoms with E-state index in [-0.39, 0.29) is 0 Å². The van der Waals surface area contributed by atoms with E-state index in [0.717, 1.165) is 18.1 Å². The van der Waals surface area contributed by atoms with Crippen molar-refractivity contribution in [3.63, 3.8) is 0 Å². The van der Waals surface area contributed by atoms with Crippen LogP contribution in [0.4, 0.5) is 0 Å². The first-order valence-electron chi connectivity index (χ1n) is 7.72. The fourth-order valence-electron chi connectivity index (χ4n) is 3.04. The van der Waals surface area contributed by atoms with Gasteiger partial charge in [0.25, 0.3) is 0 Å². The predicted octanol–water partition coefficient (Wildman–Crippen LogP) is 3.17. The molecule has 0 aromatic rings. The van der Waals surface area contributed by atoms with E-state index in [4.69, 9.17) is 0 Å². The van der Waals surface area contributed by atoms with Crippen LogP contribution in [-0.4, -0.2) is 36.6 Å². The van der Waals surface area contributed by atoms with E-state index < -0.39 is 0 Å². The molecule has 0 saturated heterocycles. The van der Waals surface area contributed by atoms with Gasteiger partial charge in [0.15, 0.2) is 0 Å². The quantitative estimate of drug-likeness (QED) is 0.685. The van der Waals surface area contributed by atoms with Crippen LogP contribution in [0.25, 0.3) is 0 Å². The minimum atomic E-state index is 0.763. The SMILES string of the molecule is CC(CCCNC1CC1)N(C)C1CCCCC1. The van der Waals surface area contributed by atoms with Crippen LogP contribution in [0.2, 0.25) is 0 Å². The molecule has 2 aliphatic rings. The fourth-order valence-corrected chi connectivity index (χ4v) is 3.04. The van der Waals surface area contributed by atoms with E-state index >= 15 is 0 Å². The second-order valence-electron chi connectivity index (χ2n) is 6.18. The highest BCUT2D eigenvalue weighted by Crippen LogP contribution is 2.24. The number of nitrogens with zero attached hydrogens (tertiary/aromatic N) is 1. The van der Waals surface area contributed by atoms with Gasteiger partial charge in [-0.25, -0.2) is 0 Å². The highest BCUT2D eigenvalue weighted by molar-refractivity contribution is 4.81. The Balaban J connectivity index is 1.57. The van der Waals surface area contributed by atoms with Crippen LogP contribution in [0.3, 0.4) is 0 Å². The molecule has 1 atom stereocenters. The molecular weight excluding hydrogens is 208 g/mol. The van der Waals surface area contributed by atoms with Crippen molar-refractivity contribution in [2.75, 3.05) is 13.6 Å². The van der Waals surface area contributed by atoms with Gasteiger partial charge in [0.2, 0.25) is 0 Å². The molecule has 2 nitrogen and oxygen atoms in total. The molecule has 0 aliphatic heterocycles. The van der Waals surface area contributed by atoms with Crippen LogP contribution in [0.1, 0.15) is 64.7 Å². The van der Waals surface area contributed by atoms with E-state index in [0.29, 0.717) is 0 Å². The molecule has 2 aliphatic carbocycles. The van der Waals surface area contributed by atoms with Crippen molar-refractivity contribution in [1.29, 1.82) is 0 Å². The minimum absolute atomic E-state index is 0.763. The largest absolute Gasteiger partial charge is 0.314 e. The molecule has 1 unspecified atom stereocenters. The number of nitrogens with one attached hydrogen (secondary N) is 1. The molecule has 0 amide bonds. The number of rotatable bonds is 7. The van der Waals surface area contributed by atoms with Crippen LogP contribution >= 0.6 is 0 Å². The van der Waals surface area contributed by atoms with Crippen LogP contribution < -0.4 is 5.32 Å². The molecule has 1 N–H and O–H groups in total. The standard InChI is InChI=1S/C15H30N2/c1-13(7-6-12-16-14-10-11-14)17(2)15-8-4-3-5-9-15/h13-16H,3-12H2,1-2H3. The van der Waals surface area contributed by atoms with Crippen molar-refractivity contribution in [1.82, 2.24) is 10.2 Å². The van der Waals surface area contributed by atoms with Gasteiger partial charge in [-0.3, -0.25) is 0 Å². The first-order chi connectivity index (χ1) is 8.27. The monoisotopic (exact) mass is 238 g/mol. The molecule has 2 heteroatoms. The molecule has 2 rings (SSSR count). The Morgan fingerprint density at radius 3 is 2.47 bits per heavy atom. The van der Waals surface area contributed by atoms with E-state index in [1.54, 1.807) is 0 Å². The lowest BCUT2D eigenvalue weighted by atomic mass is 9.93. The smallest absolute Gasteiger partial charge is 0.00950 e. The molecular formula is C15H30N2. The molecule has 2 fully saturated rings. The maximum Gasteiger partial charge on any atom is 0.00950 e. The Morgan fingerprint density at radius 2 is 1.82 bits per heavy atom. The first-order valence-corrected chi connectivity index (χ1v) is 7.72. The lowest BCUT2D eigenvalue weighted by Crippen LogP contribution is -2.40. The van der Waals surface area contributed by atoms with E-state index in [2.05, 4.69) is 24.2 Å². The molecule has 2 saturated carbocycles. The summed E-state index contributed by atoms with van der Waals surface area (Å²) in [6.07, 6.45) is 12.7. The van der Waals surface area contributed by atoms with Gasteiger partial charge >= 0.3 is 0 Å². The van der Waals surface area contributed by atoms with Gasteiger partial charge in [0.1, 0.15) is 0 Å². The van der Waals surface area contributed by atoms with Crippen LogP contribution in [0, 0.1) is 0 Å². The zero-order valence-corrected chi connectivity index (χ0v) is 11.8. The normalized spacial score (nSPS) is 24.2. The molecule has 0 spiro atoms. The molecule has 0 heterocycles. The summed E-state index contributed by atoms with van der Waals surface area (Å²) in [5.74, 6) is 0. The summed E-state index contributed by atoms with van der Waals surface area (Å²) in [4.78, 5) is 2.65. The van der Waals surface area contributed by atoms with Gasteiger partial charge in [0.05, 0.1) is 0 Å². The Labute approximate surface area is 107 Å². The molecule has 0 aromatic heterocycles. The summed E-state index contributed by atoms with van der Waals surface area (Å²) in [5, 5.41) is 3.61. The van der Waals surface area contributed by atoms with E-state index in [1.165, 1.54) is 64.3 Å². The van der Waals surface area contributed by atoms with Crippen molar-refractivity contribution in [3.8, 4) is 0 Å². The summed E-state index contributed by atoms with van der Waals surface area (Å²) >= 11 is 0. The van der Waals surface area contributed by atoms with Crippen molar-refractivity contribution >= 4 is 0 Å². The molecule has 100 valence electrons. The Bertz CT molecular complexity index is 207. The topological polar surface area (TPSA) is 15.3 Å². The maximum atomic E-state index is 3.61. The first kappa shape index (κ1) is 13.4. The highest BCUT2D eigenvalue weighted by Gasteiger charge is 2.22. The summed E-state index contributed by atoms with van der Waals surface area (Å²) in [6.45, 7) is 3.64. The fraction of sp³-hybridized carbons (Fsp3) is 1.00. The molecule has 0 aromatic carbocycles. The predicted molar refractivity (Wildman–Crippen MR) is 74.4 cm³/mol. The van der Waals surface area contributed by atoms with Crippen molar-refractivity contribution in [3.05, 3.63) is 0 Å². The van der Waals surface area contributed by atoms with Crippen molar-refractivity contribution < 1.29 is 0 Å². The summed E-state index contributed by atoms with van der Waals surface area (Å²) in [6, 6.07) is 2.51. The Kier molecular flexibility index (Phi) is 5.30.